The fourth-order valence-electron chi connectivity index (χ4n) is 3.80. The summed E-state index contributed by atoms with van der Waals surface area (Å²) < 4.78 is 11.9. The quantitative estimate of drug-likeness (QED) is 0.825. The Morgan fingerprint density at radius 2 is 2.40 bits per heavy atom. The van der Waals surface area contributed by atoms with Gasteiger partial charge in [-0.3, -0.25) is 4.79 Å². The zero-order valence-electron chi connectivity index (χ0n) is 14.1. The second-order valence-electron chi connectivity index (χ2n) is 6.84. The monoisotopic (exact) mass is 358 g/mol. The molecule has 0 aromatic carbocycles. The lowest BCUT2D eigenvalue weighted by molar-refractivity contribution is -0.137. The summed E-state index contributed by atoms with van der Waals surface area (Å²) >= 11 is 1.63. The van der Waals surface area contributed by atoms with Crippen molar-refractivity contribution in [3.63, 3.8) is 0 Å². The molecule has 0 saturated carbocycles. The summed E-state index contributed by atoms with van der Waals surface area (Å²) in [5.41, 5.74) is 0.971. The van der Waals surface area contributed by atoms with Crippen LogP contribution in [-0.2, 0) is 16.0 Å². The van der Waals surface area contributed by atoms with Crippen LogP contribution in [0.1, 0.15) is 18.4 Å². The number of likely N-dealkylation sites (tertiary alicyclic amines) is 1. The third-order valence-electron chi connectivity index (χ3n) is 5.20. The first-order chi connectivity index (χ1) is 12.3. The number of ether oxygens (including phenoxy) is 2. The molecule has 0 unspecified atom stereocenters. The summed E-state index contributed by atoms with van der Waals surface area (Å²) in [5.74, 6) is 0.824. The van der Waals surface area contributed by atoms with Crippen molar-refractivity contribution in [2.75, 3.05) is 26.3 Å². The molecule has 4 heterocycles. The van der Waals surface area contributed by atoms with Crippen molar-refractivity contribution < 1.29 is 14.3 Å². The van der Waals surface area contributed by atoms with Gasteiger partial charge in [-0.05, 0) is 41.3 Å². The number of hydrogen-bond acceptors (Lipinski definition) is 5. The van der Waals surface area contributed by atoms with Crippen LogP contribution in [-0.4, -0.2) is 48.2 Å². The number of aromatic nitrogens is 1. The number of amides is 1. The lowest BCUT2D eigenvalue weighted by Crippen LogP contribution is -2.54. The van der Waals surface area contributed by atoms with Crippen LogP contribution in [0.2, 0.25) is 0 Å². The van der Waals surface area contributed by atoms with Crippen LogP contribution < -0.4 is 4.74 Å². The molecule has 0 spiro atoms. The number of piperidine rings is 1. The molecule has 2 fully saturated rings. The molecule has 2 aliphatic rings. The number of hydrogen-bond donors (Lipinski definition) is 0. The predicted octanol–water partition coefficient (Wildman–Crippen LogP) is 2.77. The highest BCUT2D eigenvalue weighted by Gasteiger charge is 2.49. The fraction of sp³-hybridized carbons (Fsp3) is 0.474. The van der Waals surface area contributed by atoms with Crippen LogP contribution in [0.5, 0.6) is 5.88 Å². The molecular weight excluding hydrogens is 336 g/mol. The average Bonchev–Trinajstić information content (AvgIpc) is 3.30. The predicted molar refractivity (Wildman–Crippen MR) is 95.7 cm³/mol. The third-order valence-corrected chi connectivity index (χ3v) is 5.93. The molecule has 1 amide bonds. The van der Waals surface area contributed by atoms with Crippen LogP contribution in [0.4, 0.5) is 0 Å². The second-order valence-corrected chi connectivity index (χ2v) is 7.62. The topological polar surface area (TPSA) is 51.7 Å². The molecule has 0 N–H and O–H groups in total. The first-order valence-corrected chi connectivity index (χ1v) is 9.64. The van der Waals surface area contributed by atoms with Gasteiger partial charge in [0.25, 0.3) is 0 Å². The van der Waals surface area contributed by atoms with Crippen molar-refractivity contribution in [3.05, 3.63) is 46.8 Å². The number of fused-ring (bicyclic) bond motifs is 1. The molecule has 2 aromatic heterocycles. The highest BCUT2D eigenvalue weighted by molar-refractivity contribution is 7.08. The summed E-state index contributed by atoms with van der Waals surface area (Å²) in [6.45, 7) is 2.74. The summed E-state index contributed by atoms with van der Waals surface area (Å²) in [7, 11) is 0. The minimum Gasteiger partial charge on any atom is -0.477 e. The van der Waals surface area contributed by atoms with Gasteiger partial charge in [0.1, 0.15) is 0 Å². The van der Waals surface area contributed by atoms with E-state index in [2.05, 4.69) is 4.98 Å². The Hall–Kier alpha value is -1.92. The van der Waals surface area contributed by atoms with Crippen LogP contribution >= 0.6 is 11.3 Å². The van der Waals surface area contributed by atoms with Gasteiger partial charge >= 0.3 is 0 Å². The number of carbonyl (C=O) groups is 1. The SMILES string of the molecule is O=C(Cc1ccsc1)N1CC[C@@H]2OCC[C@]2(COc2ccccn2)C1. The first kappa shape index (κ1) is 16.5. The maximum atomic E-state index is 12.7. The van der Waals surface area contributed by atoms with Crippen molar-refractivity contribution in [1.29, 1.82) is 0 Å². The largest absolute Gasteiger partial charge is 0.477 e. The molecule has 2 atom stereocenters. The first-order valence-electron chi connectivity index (χ1n) is 8.69. The molecular formula is C19H22N2O3S. The standard InChI is InChI=1S/C19H22N2O3S/c22-18(11-15-5-10-25-12-15)21-8-4-16-19(13-21,6-9-23-16)14-24-17-3-1-2-7-20-17/h1-3,5,7,10,12,16H,4,6,8-9,11,13-14H2/t16-,19+/m0/s1. The van der Waals surface area contributed by atoms with Gasteiger partial charge in [-0.2, -0.15) is 11.3 Å². The molecule has 6 heteroatoms. The average molecular weight is 358 g/mol. The summed E-state index contributed by atoms with van der Waals surface area (Å²) in [4.78, 5) is 18.9. The molecule has 0 bridgehead atoms. The van der Waals surface area contributed by atoms with Gasteiger partial charge in [0.05, 0.1) is 24.5 Å². The van der Waals surface area contributed by atoms with E-state index in [0.29, 0.717) is 25.5 Å². The number of pyridine rings is 1. The summed E-state index contributed by atoms with van der Waals surface area (Å²) in [6.07, 6.45) is 4.17. The maximum Gasteiger partial charge on any atom is 0.227 e. The fourth-order valence-corrected chi connectivity index (χ4v) is 4.47. The van der Waals surface area contributed by atoms with Crippen molar-refractivity contribution in [2.24, 2.45) is 5.41 Å². The Morgan fingerprint density at radius 1 is 1.44 bits per heavy atom. The van der Waals surface area contributed by atoms with E-state index >= 15 is 0 Å². The van der Waals surface area contributed by atoms with E-state index in [4.69, 9.17) is 9.47 Å². The van der Waals surface area contributed by atoms with Gasteiger partial charge in [-0.15, -0.1) is 0 Å². The molecule has 2 aromatic rings. The second kappa shape index (κ2) is 7.14. The van der Waals surface area contributed by atoms with E-state index in [1.165, 1.54) is 0 Å². The van der Waals surface area contributed by atoms with Gasteiger partial charge in [-0.25, -0.2) is 4.98 Å². The number of thiophene rings is 1. The van der Waals surface area contributed by atoms with E-state index in [1.807, 2.05) is 39.9 Å². The van der Waals surface area contributed by atoms with E-state index in [1.54, 1.807) is 17.5 Å². The molecule has 5 nitrogen and oxygen atoms in total. The van der Waals surface area contributed by atoms with Crippen molar-refractivity contribution >= 4 is 17.2 Å². The van der Waals surface area contributed by atoms with Crippen molar-refractivity contribution in [1.82, 2.24) is 9.88 Å². The zero-order chi connectivity index (χ0) is 17.1. The van der Waals surface area contributed by atoms with Crippen LogP contribution in [0.25, 0.3) is 0 Å². The normalized spacial score (nSPS) is 25.6. The highest BCUT2D eigenvalue weighted by atomic mass is 32.1. The lowest BCUT2D eigenvalue weighted by atomic mass is 9.77. The Bertz CT molecular complexity index is 707. The molecule has 2 aliphatic heterocycles. The van der Waals surface area contributed by atoms with Crippen LogP contribution in [0, 0.1) is 5.41 Å². The smallest absolute Gasteiger partial charge is 0.227 e. The number of rotatable bonds is 5. The zero-order valence-corrected chi connectivity index (χ0v) is 14.9. The van der Waals surface area contributed by atoms with E-state index in [-0.39, 0.29) is 17.4 Å². The number of carbonyl (C=O) groups excluding carboxylic acids is 1. The van der Waals surface area contributed by atoms with Crippen LogP contribution in [0.3, 0.4) is 0 Å². The van der Waals surface area contributed by atoms with Gasteiger partial charge in [0.2, 0.25) is 11.8 Å². The minimum absolute atomic E-state index is 0.125. The van der Waals surface area contributed by atoms with Crippen molar-refractivity contribution in [3.8, 4) is 5.88 Å². The van der Waals surface area contributed by atoms with Gasteiger partial charge in [0, 0.05) is 32.0 Å². The molecule has 0 aliphatic carbocycles. The summed E-state index contributed by atoms with van der Waals surface area (Å²) in [5, 5.41) is 4.06. The molecule has 2 saturated heterocycles. The van der Waals surface area contributed by atoms with Gasteiger partial charge in [0.15, 0.2) is 0 Å². The molecule has 0 radical (unpaired) electrons. The van der Waals surface area contributed by atoms with E-state index in [0.717, 1.165) is 31.6 Å². The van der Waals surface area contributed by atoms with Gasteiger partial charge in [-0.1, -0.05) is 6.07 Å². The van der Waals surface area contributed by atoms with Crippen LogP contribution in [0.15, 0.2) is 41.2 Å². The minimum atomic E-state index is -0.125. The summed E-state index contributed by atoms with van der Waals surface area (Å²) in [6, 6.07) is 7.68. The van der Waals surface area contributed by atoms with E-state index in [9.17, 15) is 4.79 Å². The molecule has 4 rings (SSSR count). The van der Waals surface area contributed by atoms with E-state index < -0.39 is 0 Å². The van der Waals surface area contributed by atoms with Gasteiger partial charge < -0.3 is 14.4 Å². The number of nitrogens with zero attached hydrogens (tertiary/aromatic N) is 2. The van der Waals surface area contributed by atoms with Crippen molar-refractivity contribution in [2.45, 2.75) is 25.4 Å². The Labute approximate surface area is 151 Å². The third kappa shape index (κ3) is 3.55. The Kier molecular flexibility index (Phi) is 4.72. The molecule has 132 valence electrons. The maximum absolute atomic E-state index is 12.7. The lowest BCUT2D eigenvalue weighted by Gasteiger charge is -2.43. The highest BCUT2D eigenvalue weighted by Crippen LogP contribution is 2.41. The Morgan fingerprint density at radius 3 is 3.20 bits per heavy atom. The molecule has 25 heavy (non-hydrogen) atoms. The Balaban J connectivity index is 1.44.